The molecule has 2 N–H and O–H groups in total. The van der Waals surface area contributed by atoms with Gasteiger partial charge in [-0.15, -0.1) is 21.5 Å². The number of aryl methyl sites for hydroxylation is 2. The van der Waals surface area contributed by atoms with Gasteiger partial charge < -0.3 is 5.73 Å². The van der Waals surface area contributed by atoms with Crippen LogP contribution in [0.3, 0.4) is 0 Å². The summed E-state index contributed by atoms with van der Waals surface area (Å²) < 4.78 is 0. The number of nitrogens with zero attached hydrogens (tertiary/aromatic N) is 4. The Bertz CT molecular complexity index is 447. The predicted octanol–water partition coefficient (Wildman–Crippen LogP) is 0.823. The first kappa shape index (κ1) is 10.3. The van der Waals surface area contributed by atoms with Crippen molar-refractivity contribution in [2.24, 2.45) is 12.8 Å². The van der Waals surface area contributed by atoms with Gasteiger partial charge in [-0.3, -0.25) is 0 Å². The first-order chi connectivity index (χ1) is 7.16. The molecule has 2 heterocycles. The summed E-state index contributed by atoms with van der Waals surface area (Å²) in [5.41, 5.74) is 7.31. The molecular weight excluding hydrogens is 210 g/mol. The summed E-state index contributed by atoms with van der Waals surface area (Å²) >= 11 is 1.68. The van der Waals surface area contributed by atoms with Gasteiger partial charge in [0.05, 0.1) is 7.05 Å². The molecule has 15 heavy (non-hydrogen) atoms. The van der Waals surface area contributed by atoms with Gasteiger partial charge >= 0.3 is 0 Å². The van der Waals surface area contributed by atoms with Crippen LogP contribution in [-0.2, 0) is 13.5 Å². The van der Waals surface area contributed by atoms with Crippen molar-refractivity contribution in [3.63, 3.8) is 0 Å². The van der Waals surface area contributed by atoms with Gasteiger partial charge in [0.2, 0.25) is 0 Å². The summed E-state index contributed by atoms with van der Waals surface area (Å²) in [6, 6.07) is 2.04. The molecule has 0 aliphatic heterocycles. The van der Waals surface area contributed by atoms with E-state index in [9.17, 15) is 0 Å². The van der Waals surface area contributed by atoms with E-state index in [4.69, 9.17) is 5.73 Å². The highest BCUT2D eigenvalue weighted by Crippen LogP contribution is 2.23. The van der Waals surface area contributed by atoms with Crippen LogP contribution < -0.4 is 5.73 Å². The van der Waals surface area contributed by atoms with Gasteiger partial charge in [0.1, 0.15) is 0 Å². The van der Waals surface area contributed by atoms with Crippen LogP contribution in [0.1, 0.15) is 22.3 Å². The van der Waals surface area contributed by atoms with Crippen LogP contribution in [0.15, 0.2) is 11.4 Å². The second-order valence-corrected chi connectivity index (χ2v) is 4.42. The molecule has 0 aliphatic rings. The van der Waals surface area contributed by atoms with Crippen molar-refractivity contribution in [1.82, 2.24) is 20.2 Å². The fraction of sp³-hybridized carbons (Fsp3) is 0.444. The smallest absolute Gasteiger partial charge is 0.176 e. The number of thiophene rings is 1. The zero-order valence-electron chi connectivity index (χ0n) is 8.71. The molecule has 1 unspecified atom stereocenters. The Balaban J connectivity index is 2.10. The Morgan fingerprint density at radius 1 is 1.60 bits per heavy atom. The molecule has 0 amide bonds. The van der Waals surface area contributed by atoms with Crippen LogP contribution in [-0.4, -0.2) is 20.2 Å². The van der Waals surface area contributed by atoms with E-state index in [1.807, 2.05) is 0 Å². The Kier molecular flexibility index (Phi) is 2.79. The molecule has 0 fully saturated rings. The van der Waals surface area contributed by atoms with Crippen molar-refractivity contribution < 1.29 is 0 Å². The summed E-state index contributed by atoms with van der Waals surface area (Å²) in [4.78, 5) is 2.64. The van der Waals surface area contributed by atoms with Crippen LogP contribution in [0.2, 0.25) is 0 Å². The van der Waals surface area contributed by atoms with Crippen LogP contribution >= 0.6 is 11.3 Å². The van der Waals surface area contributed by atoms with Crippen LogP contribution in [0, 0.1) is 6.92 Å². The zero-order valence-corrected chi connectivity index (χ0v) is 9.53. The molecule has 2 aromatic rings. The van der Waals surface area contributed by atoms with Gasteiger partial charge in [-0.2, -0.15) is 4.80 Å². The van der Waals surface area contributed by atoms with E-state index in [2.05, 4.69) is 33.8 Å². The number of hydrogen-bond donors (Lipinski definition) is 1. The molecule has 0 saturated heterocycles. The van der Waals surface area contributed by atoms with Crippen LogP contribution in [0.5, 0.6) is 0 Å². The highest BCUT2D eigenvalue weighted by Gasteiger charge is 2.13. The van der Waals surface area contributed by atoms with E-state index in [1.165, 1.54) is 15.2 Å². The second kappa shape index (κ2) is 4.08. The SMILES string of the molecule is Cc1ccsc1C(N)Cc1nnn(C)n1. The fourth-order valence-electron chi connectivity index (χ4n) is 1.46. The number of hydrogen-bond acceptors (Lipinski definition) is 5. The van der Waals surface area contributed by atoms with Crippen LogP contribution in [0.25, 0.3) is 0 Å². The number of nitrogens with two attached hydrogens (primary N) is 1. The maximum atomic E-state index is 6.07. The minimum Gasteiger partial charge on any atom is -0.323 e. The van der Waals surface area contributed by atoms with E-state index >= 15 is 0 Å². The summed E-state index contributed by atoms with van der Waals surface area (Å²) in [6.07, 6.45) is 0.634. The maximum absolute atomic E-state index is 6.07. The van der Waals surface area contributed by atoms with Gasteiger partial charge in [-0.25, -0.2) is 0 Å². The molecular formula is C9H13N5S. The van der Waals surface area contributed by atoms with Crippen molar-refractivity contribution >= 4 is 11.3 Å². The quantitative estimate of drug-likeness (QED) is 0.836. The third-order valence-electron chi connectivity index (χ3n) is 2.19. The summed E-state index contributed by atoms with van der Waals surface area (Å²) in [5.74, 6) is 0.692. The molecule has 2 rings (SSSR count). The number of rotatable bonds is 3. The van der Waals surface area contributed by atoms with Crippen molar-refractivity contribution in [3.05, 3.63) is 27.7 Å². The third kappa shape index (κ3) is 2.21. The van der Waals surface area contributed by atoms with Crippen molar-refractivity contribution in [1.29, 1.82) is 0 Å². The van der Waals surface area contributed by atoms with Gasteiger partial charge in [0.15, 0.2) is 5.82 Å². The normalized spacial score (nSPS) is 13.0. The van der Waals surface area contributed by atoms with Crippen LogP contribution in [0.4, 0.5) is 0 Å². The monoisotopic (exact) mass is 223 g/mol. The Hall–Kier alpha value is -1.27. The lowest BCUT2D eigenvalue weighted by molar-refractivity contribution is 0.623. The molecule has 2 aromatic heterocycles. The maximum Gasteiger partial charge on any atom is 0.176 e. The molecule has 0 aromatic carbocycles. The summed E-state index contributed by atoms with van der Waals surface area (Å²) in [5, 5.41) is 13.9. The molecule has 0 spiro atoms. The van der Waals surface area contributed by atoms with Gasteiger partial charge in [-0.1, -0.05) is 0 Å². The minimum absolute atomic E-state index is 0.0331. The summed E-state index contributed by atoms with van der Waals surface area (Å²) in [6.45, 7) is 2.07. The van der Waals surface area contributed by atoms with E-state index < -0.39 is 0 Å². The first-order valence-corrected chi connectivity index (χ1v) is 5.57. The minimum atomic E-state index is -0.0331. The standard InChI is InChI=1S/C9H13N5S/c1-6-3-4-15-9(6)7(10)5-8-11-13-14(2)12-8/h3-4,7H,5,10H2,1-2H3. The van der Waals surface area contributed by atoms with Gasteiger partial charge in [0, 0.05) is 17.3 Å². The lowest BCUT2D eigenvalue weighted by Gasteiger charge is -2.07. The highest BCUT2D eigenvalue weighted by atomic mass is 32.1. The second-order valence-electron chi connectivity index (χ2n) is 3.47. The van der Waals surface area contributed by atoms with E-state index in [0.29, 0.717) is 12.2 Å². The van der Waals surface area contributed by atoms with E-state index in [1.54, 1.807) is 18.4 Å². The Morgan fingerprint density at radius 2 is 2.40 bits per heavy atom. The zero-order chi connectivity index (χ0) is 10.8. The predicted molar refractivity (Wildman–Crippen MR) is 58.5 cm³/mol. The first-order valence-electron chi connectivity index (χ1n) is 4.69. The fourth-order valence-corrected chi connectivity index (χ4v) is 2.39. The molecule has 1 atom stereocenters. The van der Waals surface area contributed by atoms with Gasteiger partial charge in [0.25, 0.3) is 0 Å². The lowest BCUT2D eigenvalue weighted by Crippen LogP contribution is -2.14. The number of aromatic nitrogens is 4. The average molecular weight is 223 g/mol. The van der Waals surface area contributed by atoms with Gasteiger partial charge in [-0.05, 0) is 29.1 Å². The molecule has 6 heteroatoms. The molecule has 5 nitrogen and oxygen atoms in total. The average Bonchev–Trinajstić information content (AvgIpc) is 2.75. The Labute approximate surface area is 91.9 Å². The lowest BCUT2D eigenvalue weighted by atomic mass is 10.1. The molecule has 0 saturated carbocycles. The van der Waals surface area contributed by atoms with E-state index in [-0.39, 0.29) is 6.04 Å². The largest absolute Gasteiger partial charge is 0.323 e. The van der Waals surface area contributed by atoms with E-state index in [0.717, 1.165) is 0 Å². The third-order valence-corrected chi connectivity index (χ3v) is 3.34. The molecule has 0 bridgehead atoms. The van der Waals surface area contributed by atoms with Crippen molar-refractivity contribution in [2.75, 3.05) is 0 Å². The molecule has 80 valence electrons. The number of tetrazole rings is 1. The van der Waals surface area contributed by atoms with Crippen molar-refractivity contribution in [3.8, 4) is 0 Å². The topological polar surface area (TPSA) is 69.6 Å². The molecule has 0 aliphatic carbocycles. The summed E-state index contributed by atoms with van der Waals surface area (Å²) in [7, 11) is 1.75. The molecule has 0 radical (unpaired) electrons. The highest BCUT2D eigenvalue weighted by molar-refractivity contribution is 7.10. The van der Waals surface area contributed by atoms with Crippen molar-refractivity contribution in [2.45, 2.75) is 19.4 Å². The Morgan fingerprint density at radius 3 is 2.93 bits per heavy atom.